The van der Waals surface area contributed by atoms with Crippen molar-refractivity contribution in [3.8, 4) is 6.07 Å². The molecule has 0 fully saturated rings. The molecule has 0 aromatic rings. The molecule has 6 heteroatoms. The summed E-state index contributed by atoms with van der Waals surface area (Å²) in [6.07, 6.45) is 0.410. The van der Waals surface area contributed by atoms with Crippen LogP contribution in [0.25, 0.3) is 0 Å². The zero-order valence-corrected chi connectivity index (χ0v) is 7.41. The van der Waals surface area contributed by atoms with E-state index in [1.54, 1.807) is 0 Å². The van der Waals surface area contributed by atoms with Gasteiger partial charge in [-0.15, -0.1) is 0 Å². The number of hydrogen-bond donors (Lipinski definition) is 3. The van der Waals surface area contributed by atoms with E-state index in [0.29, 0.717) is 13.0 Å². The van der Waals surface area contributed by atoms with E-state index >= 15 is 0 Å². The van der Waals surface area contributed by atoms with Crippen LogP contribution in [-0.2, 0) is 9.59 Å². The third-order valence-electron chi connectivity index (χ3n) is 0.713. The average molecular weight is 187 g/mol. The lowest BCUT2D eigenvalue weighted by molar-refractivity contribution is -0.134. The molecule has 0 aliphatic heterocycles. The minimum atomic E-state index is -0.833. The van der Waals surface area contributed by atoms with Crippen molar-refractivity contribution in [3.05, 3.63) is 0 Å². The van der Waals surface area contributed by atoms with Gasteiger partial charge in [0.15, 0.2) is 0 Å². The van der Waals surface area contributed by atoms with Gasteiger partial charge in [0.25, 0.3) is 5.97 Å². The third kappa shape index (κ3) is 37.9. The van der Waals surface area contributed by atoms with Gasteiger partial charge < -0.3 is 16.2 Å². The van der Waals surface area contributed by atoms with Gasteiger partial charge in [-0.2, -0.15) is 5.26 Å². The van der Waals surface area contributed by atoms with Crippen LogP contribution in [0, 0.1) is 11.3 Å². The van der Waals surface area contributed by atoms with E-state index in [1.165, 1.54) is 0 Å². The lowest BCUT2D eigenvalue weighted by Crippen LogP contribution is -2.28. The number of nitrogens with one attached hydrogen (secondary N) is 1. The van der Waals surface area contributed by atoms with Crippen molar-refractivity contribution in [2.24, 2.45) is 5.73 Å². The number of nitriles is 1. The monoisotopic (exact) mass is 187 g/mol. The zero-order valence-electron chi connectivity index (χ0n) is 7.41. The molecular weight excluding hydrogens is 174 g/mol. The highest BCUT2D eigenvalue weighted by atomic mass is 16.4. The summed E-state index contributed by atoms with van der Waals surface area (Å²) in [6.45, 7) is 1.76. The maximum atomic E-state index is 10.0. The first kappa shape index (κ1) is 13.9. The standard InChI is InChI=1S/C5H9N3O.C2H4O2/c6-2-1-3-8-4-5(7)9;1-2(3)4/h8H,1,3-4H2,(H2,7,9);1H3,(H,3,4). The molecule has 0 saturated carbocycles. The largest absolute Gasteiger partial charge is 0.481 e. The predicted octanol–water partition coefficient (Wildman–Crippen LogP) is -0.934. The molecule has 0 saturated heterocycles. The van der Waals surface area contributed by atoms with Crippen molar-refractivity contribution in [1.29, 1.82) is 5.26 Å². The number of rotatable bonds is 4. The summed E-state index contributed by atoms with van der Waals surface area (Å²) < 4.78 is 0. The van der Waals surface area contributed by atoms with Crippen LogP contribution < -0.4 is 11.1 Å². The lowest BCUT2D eigenvalue weighted by Gasteiger charge is -1.94. The number of carboxylic acids is 1. The Morgan fingerprint density at radius 2 is 2.08 bits per heavy atom. The van der Waals surface area contributed by atoms with Gasteiger partial charge in [-0.3, -0.25) is 9.59 Å². The number of primary amides is 1. The Bertz CT molecular complexity index is 194. The fourth-order valence-corrected chi connectivity index (χ4v) is 0.356. The molecule has 0 rings (SSSR count). The van der Waals surface area contributed by atoms with Crippen LogP contribution in [-0.4, -0.2) is 30.1 Å². The van der Waals surface area contributed by atoms with Crippen molar-refractivity contribution >= 4 is 11.9 Å². The van der Waals surface area contributed by atoms with Gasteiger partial charge in [0.1, 0.15) is 0 Å². The minimum absolute atomic E-state index is 0.154. The van der Waals surface area contributed by atoms with Gasteiger partial charge in [-0.1, -0.05) is 0 Å². The highest BCUT2D eigenvalue weighted by molar-refractivity contribution is 5.75. The molecule has 0 aromatic carbocycles. The summed E-state index contributed by atoms with van der Waals surface area (Å²) in [7, 11) is 0. The first-order chi connectivity index (χ1) is 6.00. The van der Waals surface area contributed by atoms with E-state index in [0.717, 1.165) is 6.92 Å². The first-order valence-corrected chi connectivity index (χ1v) is 3.56. The van der Waals surface area contributed by atoms with Gasteiger partial charge in [0.05, 0.1) is 12.6 Å². The fourth-order valence-electron chi connectivity index (χ4n) is 0.356. The maximum absolute atomic E-state index is 10.0. The smallest absolute Gasteiger partial charge is 0.300 e. The molecule has 4 N–H and O–H groups in total. The molecule has 0 aromatic heterocycles. The maximum Gasteiger partial charge on any atom is 0.300 e. The van der Waals surface area contributed by atoms with Gasteiger partial charge in [0, 0.05) is 19.9 Å². The van der Waals surface area contributed by atoms with Crippen LogP contribution in [0.5, 0.6) is 0 Å². The Labute approximate surface area is 76.3 Å². The molecule has 0 radical (unpaired) electrons. The summed E-state index contributed by atoms with van der Waals surface area (Å²) in [6, 6.07) is 1.93. The Hall–Kier alpha value is -1.61. The van der Waals surface area contributed by atoms with E-state index in [2.05, 4.69) is 5.32 Å². The summed E-state index contributed by atoms with van der Waals surface area (Å²) in [5, 5.41) is 18.1. The molecule has 0 spiro atoms. The number of nitrogens with two attached hydrogens (primary N) is 1. The van der Waals surface area contributed by atoms with Crippen molar-refractivity contribution in [2.75, 3.05) is 13.1 Å². The Morgan fingerprint density at radius 3 is 2.38 bits per heavy atom. The number of carbonyl (C=O) groups excluding carboxylic acids is 1. The number of amides is 1. The molecule has 1 amide bonds. The molecule has 0 bridgehead atoms. The van der Waals surface area contributed by atoms with Crippen LogP contribution in [0.4, 0.5) is 0 Å². The highest BCUT2D eigenvalue weighted by Gasteiger charge is 1.89. The van der Waals surface area contributed by atoms with Crippen LogP contribution in [0.1, 0.15) is 13.3 Å². The number of carbonyl (C=O) groups is 2. The van der Waals surface area contributed by atoms with Crippen LogP contribution in [0.3, 0.4) is 0 Å². The molecule has 0 atom stereocenters. The van der Waals surface area contributed by atoms with Crippen molar-refractivity contribution in [3.63, 3.8) is 0 Å². The van der Waals surface area contributed by atoms with Crippen LogP contribution in [0.15, 0.2) is 0 Å². The fraction of sp³-hybridized carbons (Fsp3) is 0.571. The van der Waals surface area contributed by atoms with Crippen molar-refractivity contribution in [1.82, 2.24) is 5.32 Å². The van der Waals surface area contributed by atoms with Crippen LogP contribution >= 0.6 is 0 Å². The molecule has 13 heavy (non-hydrogen) atoms. The Kier molecular flexibility index (Phi) is 11.1. The van der Waals surface area contributed by atoms with Gasteiger partial charge >= 0.3 is 0 Å². The summed E-state index contributed by atoms with van der Waals surface area (Å²) in [5.41, 5.74) is 4.79. The normalized spacial score (nSPS) is 7.69. The molecule has 0 aliphatic rings. The zero-order chi connectivity index (χ0) is 10.7. The van der Waals surface area contributed by atoms with Gasteiger partial charge in [-0.05, 0) is 0 Å². The summed E-state index contributed by atoms with van der Waals surface area (Å²) in [5.74, 6) is -1.23. The van der Waals surface area contributed by atoms with Crippen molar-refractivity contribution < 1.29 is 14.7 Å². The van der Waals surface area contributed by atoms with E-state index in [1.807, 2.05) is 6.07 Å². The predicted molar refractivity (Wildman–Crippen MR) is 45.6 cm³/mol. The number of carboxylic acid groups (broad SMARTS) is 1. The quantitative estimate of drug-likeness (QED) is 0.491. The second kappa shape index (κ2) is 10.4. The SMILES string of the molecule is CC(=O)O.N#CCCNCC(N)=O. The number of hydrogen-bond acceptors (Lipinski definition) is 4. The van der Waals surface area contributed by atoms with E-state index < -0.39 is 11.9 Å². The molecule has 0 heterocycles. The number of nitrogens with zero attached hydrogens (tertiary/aromatic N) is 1. The molecular formula is C7H13N3O3. The summed E-state index contributed by atoms with van der Waals surface area (Å²) in [4.78, 5) is 19.0. The van der Waals surface area contributed by atoms with E-state index in [4.69, 9.17) is 20.9 Å². The number of aliphatic carboxylic acids is 1. The van der Waals surface area contributed by atoms with Gasteiger partial charge in [-0.25, -0.2) is 0 Å². The minimum Gasteiger partial charge on any atom is -0.481 e. The molecule has 0 unspecified atom stereocenters. The van der Waals surface area contributed by atoms with Crippen molar-refractivity contribution in [2.45, 2.75) is 13.3 Å². The third-order valence-corrected chi connectivity index (χ3v) is 0.713. The van der Waals surface area contributed by atoms with E-state index in [-0.39, 0.29) is 6.54 Å². The molecule has 6 nitrogen and oxygen atoms in total. The lowest BCUT2D eigenvalue weighted by atomic mass is 10.4. The Balaban J connectivity index is 0. The molecule has 74 valence electrons. The first-order valence-electron chi connectivity index (χ1n) is 3.56. The second-order valence-electron chi connectivity index (χ2n) is 2.07. The second-order valence-corrected chi connectivity index (χ2v) is 2.07. The molecule has 0 aliphatic carbocycles. The van der Waals surface area contributed by atoms with Gasteiger partial charge in [0.2, 0.25) is 5.91 Å². The average Bonchev–Trinajstić information content (AvgIpc) is 1.97. The van der Waals surface area contributed by atoms with Crippen LogP contribution in [0.2, 0.25) is 0 Å². The summed E-state index contributed by atoms with van der Waals surface area (Å²) >= 11 is 0. The topological polar surface area (TPSA) is 116 Å². The highest BCUT2D eigenvalue weighted by Crippen LogP contribution is 1.67. The van der Waals surface area contributed by atoms with E-state index in [9.17, 15) is 4.79 Å². The Morgan fingerprint density at radius 1 is 1.62 bits per heavy atom.